The maximum absolute atomic E-state index is 3.87. The first-order chi connectivity index (χ1) is 4.79. The Morgan fingerprint density at radius 3 is 3.00 bits per heavy atom. The van der Waals surface area contributed by atoms with Gasteiger partial charge in [-0.05, 0) is 58.4 Å². The van der Waals surface area contributed by atoms with Crippen LogP contribution in [0.3, 0.4) is 0 Å². The van der Waals surface area contributed by atoms with Crippen molar-refractivity contribution < 1.29 is 0 Å². The Hall–Kier alpha value is 0.430. The molecule has 1 N–H and O–H groups in total. The van der Waals surface area contributed by atoms with Gasteiger partial charge in [-0.25, -0.2) is 0 Å². The third-order valence-corrected chi connectivity index (χ3v) is 2.47. The fourth-order valence-corrected chi connectivity index (χ4v) is 1.65. The predicted molar refractivity (Wildman–Crippen MR) is 53.4 cm³/mol. The topological polar surface area (TPSA) is 12.0 Å². The molecule has 1 fully saturated rings. The molecule has 0 saturated carbocycles. The number of hydrogen-bond donors (Lipinski definition) is 1. The van der Waals surface area contributed by atoms with Gasteiger partial charge in [-0.1, -0.05) is 6.58 Å². The molecule has 1 aliphatic rings. The molecule has 1 rings (SSSR count). The van der Waals surface area contributed by atoms with Gasteiger partial charge in [-0.2, -0.15) is 0 Å². The van der Waals surface area contributed by atoms with Crippen LogP contribution in [0.15, 0.2) is 10.2 Å². The van der Waals surface area contributed by atoms with E-state index in [-0.39, 0.29) is 0 Å². The van der Waals surface area contributed by atoms with Crippen LogP contribution in [0.5, 0.6) is 0 Å². The summed E-state index contributed by atoms with van der Waals surface area (Å²) in [7, 11) is 0. The van der Waals surface area contributed by atoms with E-state index in [2.05, 4.69) is 34.5 Å². The lowest BCUT2D eigenvalue weighted by molar-refractivity contribution is 0.564. The molecule has 2 heteroatoms. The summed E-state index contributed by atoms with van der Waals surface area (Å²) < 4.78 is 1.28. The van der Waals surface area contributed by atoms with E-state index in [9.17, 15) is 0 Å². The highest BCUT2D eigenvalue weighted by Gasteiger charge is 2.12. The van der Waals surface area contributed by atoms with Gasteiger partial charge in [0.25, 0.3) is 0 Å². The molecule has 1 saturated heterocycles. The van der Waals surface area contributed by atoms with Crippen LogP contribution in [-0.2, 0) is 0 Å². The van der Waals surface area contributed by atoms with Crippen LogP contribution in [0, 0.1) is 0 Å². The SMILES string of the molecule is C=C(I)CCC1CCCN1. The van der Waals surface area contributed by atoms with E-state index in [0.29, 0.717) is 0 Å². The third kappa shape index (κ3) is 3.01. The second-order valence-corrected chi connectivity index (χ2v) is 4.37. The molecule has 58 valence electrons. The zero-order valence-corrected chi connectivity index (χ0v) is 8.36. The lowest BCUT2D eigenvalue weighted by Gasteiger charge is -2.07. The van der Waals surface area contributed by atoms with Crippen molar-refractivity contribution in [2.75, 3.05) is 6.54 Å². The van der Waals surface area contributed by atoms with Crippen molar-refractivity contribution in [3.63, 3.8) is 0 Å². The van der Waals surface area contributed by atoms with Crippen LogP contribution < -0.4 is 5.32 Å². The van der Waals surface area contributed by atoms with Gasteiger partial charge in [0.15, 0.2) is 0 Å². The van der Waals surface area contributed by atoms with Crippen molar-refractivity contribution in [3.05, 3.63) is 10.2 Å². The summed E-state index contributed by atoms with van der Waals surface area (Å²) in [6.45, 7) is 5.10. The highest BCUT2D eigenvalue weighted by Crippen LogP contribution is 2.16. The molecule has 0 bridgehead atoms. The van der Waals surface area contributed by atoms with Gasteiger partial charge in [-0.3, -0.25) is 0 Å². The quantitative estimate of drug-likeness (QED) is 0.760. The molecule has 0 aliphatic carbocycles. The van der Waals surface area contributed by atoms with Crippen molar-refractivity contribution in [1.82, 2.24) is 5.32 Å². The molecule has 0 spiro atoms. The maximum Gasteiger partial charge on any atom is 0.00708 e. The molecule has 0 aromatic heterocycles. The zero-order chi connectivity index (χ0) is 7.40. The molecule has 0 aromatic carbocycles. The van der Waals surface area contributed by atoms with Gasteiger partial charge in [0, 0.05) is 6.04 Å². The fourth-order valence-electron chi connectivity index (χ4n) is 1.33. The van der Waals surface area contributed by atoms with Crippen LogP contribution in [-0.4, -0.2) is 12.6 Å². The largest absolute Gasteiger partial charge is 0.314 e. The van der Waals surface area contributed by atoms with E-state index in [0.717, 1.165) is 6.04 Å². The third-order valence-electron chi connectivity index (χ3n) is 1.93. The monoisotopic (exact) mass is 251 g/mol. The van der Waals surface area contributed by atoms with E-state index in [1.807, 2.05) is 0 Å². The molecule has 1 aliphatic heterocycles. The molecule has 1 unspecified atom stereocenters. The number of hydrogen-bond acceptors (Lipinski definition) is 1. The maximum atomic E-state index is 3.87. The summed E-state index contributed by atoms with van der Waals surface area (Å²) >= 11 is 2.31. The van der Waals surface area contributed by atoms with Gasteiger partial charge >= 0.3 is 0 Å². The van der Waals surface area contributed by atoms with Gasteiger partial charge in [0.2, 0.25) is 0 Å². The molecule has 1 heterocycles. The molecule has 10 heavy (non-hydrogen) atoms. The predicted octanol–water partition coefficient (Wildman–Crippen LogP) is 2.47. The molecule has 0 amide bonds. The summed E-state index contributed by atoms with van der Waals surface area (Å²) in [4.78, 5) is 0. The van der Waals surface area contributed by atoms with Crippen LogP contribution in [0.1, 0.15) is 25.7 Å². The summed E-state index contributed by atoms with van der Waals surface area (Å²) in [5, 5.41) is 3.47. The Kier molecular flexibility index (Phi) is 3.70. The van der Waals surface area contributed by atoms with Gasteiger partial charge in [0.05, 0.1) is 0 Å². The van der Waals surface area contributed by atoms with Crippen LogP contribution >= 0.6 is 22.6 Å². The molecule has 1 atom stereocenters. The normalized spacial score (nSPS) is 25.1. The molecular weight excluding hydrogens is 237 g/mol. The van der Waals surface area contributed by atoms with Crippen molar-refractivity contribution in [2.24, 2.45) is 0 Å². The Morgan fingerprint density at radius 1 is 1.70 bits per heavy atom. The standard InChI is InChI=1S/C8H14IN/c1-7(9)4-5-8-3-2-6-10-8/h8,10H,1-6H2. The molecule has 0 radical (unpaired) electrons. The second-order valence-electron chi connectivity index (χ2n) is 2.85. The van der Waals surface area contributed by atoms with E-state index in [1.165, 1.54) is 35.8 Å². The first-order valence-corrected chi connectivity index (χ1v) is 4.93. The highest BCUT2D eigenvalue weighted by atomic mass is 127. The van der Waals surface area contributed by atoms with Crippen molar-refractivity contribution >= 4 is 22.6 Å². The highest BCUT2D eigenvalue weighted by molar-refractivity contribution is 14.1. The molecule has 1 nitrogen and oxygen atoms in total. The van der Waals surface area contributed by atoms with E-state index >= 15 is 0 Å². The summed E-state index contributed by atoms with van der Waals surface area (Å²) in [6, 6.07) is 0.784. The minimum absolute atomic E-state index is 0.784. The van der Waals surface area contributed by atoms with Crippen LogP contribution in [0.2, 0.25) is 0 Å². The second kappa shape index (κ2) is 4.34. The van der Waals surface area contributed by atoms with Gasteiger partial charge < -0.3 is 5.32 Å². The summed E-state index contributed by atoms with van der Waals surface area (Å²) in [5.74, 6) is 0. The minimum Gasteiger partial charge on any atom is -0.314 e. The summed E-state index contributed by atoms with van der Waals surface area (Å²) in [6.07, 6.45) is 5.18. The molecular formula is C8H14IN. The number of nitrogens with one attached hydrogen (secondary N) is 1. The van der Waals surface area contributed by atoms with E-state index < -0.39 is 0 Å². The Balaban J connectivity index is 2.07. The van der Waals surface area contributed by atoms with Crippen LogP contribution in [0.25, 0.3) is 0 Å². The molecule has 0 aromatic rings. The van der Waals surface area contributed by atoms with E-state index in [1.54, 1.807) is 0 Å². The van der Waals surface area contributed by atoms with Crippen molar-refractivity contribution in [1.29, 1.82) is 0 Å². The number of rotatable bonds is 3. The Bertz CT molecular complexity index is 116. The summed E-state index contributed by atoms with van der Waals surface area (Å²) in [5.41, 5.74) is 0. The lowest BCUT2D eigenvalue weighted by atomic mass is 10.1. The first kappa shape index (κ1) is 8.53. The Morgan fingerprint density at radius 2 is 2.50 bits per heavy atom. The van der Waals surface area contributed by atoms with Gasteiger partial charge in [-0.15, -0.1) is 0 Å². The average Bonchev–Trinajstić information content (AvgIpc) is 2.34. The lowest BCUT2D eigenvalue weighted by Crippen LogP contribution is -2.20. The fraction of sp³-hybridized carbons (Fsp3) is 0.750. The smallest absolute Gasteiger partial charge is 0.00708 e. The van der Waals surface area contributed by atoms with Gasteiger partial charge in [0.1, 0.15) is 0 Å². The number of halogens is 1. The zero-order valence-electron chi connectivity index (χ0n) is 6.20. The van der Waals surface area contributed by atoms with Crippen LogP contribution in [0.4, 0.5) is 0 Å². The van der Waals surface area contributed by atoms with Crippen molar-refractivity contribution in [3.8, 4) is 0 Å². The first-order valence-electron chi connectivity index (χ1n) is 3.85. The van der Waals surface area contributed by atoms with E-state index in [4.69, 9.17) is 0 Å². The average molecular weight is 251 g/mol. The Labute approximate surface area is 76.4 Å². The number of allylic oxidation sites excluding steroid dienone is 1. The van der Waals surface area contributed by atoms with Crippen molar-refractivity contribution in [2.45, 2.75) is 31.7 Å². The minimum atomic E-state index is 0.784.